The molecule has 0 aromatic heterocycles. The topological polar surface area (TPSA) is 117 Å². The number of hydrogen-bond acceptors (Lipinski definition) is 7. The van der Waals surface area contributed by atoms with Crippen LogP contribution in [0.5, 0.6) is 11.5 Å². The molecule has 0 radical (unpaired) electrons. The number of nitro benzene ring substituents is 1. The van der Waals surface area contributed by atoms with Gasteiger partial charge in [-0.3, -0.25) is 14.9 Å². The van der Waals surface area contributed by atoms with Gasteiger partial charge in [-0.15, -0.1) is 0 Å². The van der Waals surface area contributed by atoms with Crippen LogP contribution in [0.25, 0.3) is 0 Å². The predicted octanol–water partition coefficient (Wildman–Crippen LogP) is 3.95. The number of carbonyl (C=O) groups excluding carboxylic acids is 2. The highest BCUT2D eigenvalue weighted by atomic mass is 16.6. The number of nitrogens with one attached hydrogen (secondary N) is 1. The van der Waals surface area contributed by atoms with E-state index in [2.05, 4.69) is 5.32 Å². The van der Waals surface area contributed by atoms with Crippen LogP contribution < -0.4 is 14.8 Å². The molecule has 9 nitrogen and oxygen atoms in total. The van der Waals surface area contributed by atoms with E-state index >= 15 is 0 Å². The molecular weight excluding hydrogens is 392 g/mol. The number of hydrogen-bond donors (Lipinski definition) is 1. The molecule has 0 saturated carbocycles. The monoisotopic (exact) mass is 416 g/mol. The molecule has 0 unspecified atom stereocenters. The van der Waals surface area contributed by atoms with E-state index in [-0.39, 0.29) is 40.8 Å². The molecule has 0 fully saturated rings. The van der Waals surface area contributed by atoms with Gasteiger partial charge in [0.05, 0.1) is 36.0 Å². The number of carbonyl (C=O) groups is 2. The Morgan fingerprint density at radius 1 is 1.07 bits per heavy atom. The van der Waals surface area contributed by atoms with Crippen LogP contribution in [0.15, 0.2) is 36.4 Å². The third kappa shape index (κ3) is 5.25. The quantitative estimate of drug-likeness (QED) is 0.412. The van der Waals surface area contributed by atoms with Crippen molar-refractivity contribution in [3.8, 4) is 11.5 Å². The molecule has 0 aliphatic rings. The Balaban J connectivity index is 2.37. The average Bonchev–Trinajstić information content (AvgIpc) is 2.70. The van der Waals surface area contributed by atoms with Crippen molar-refractivity contribution in [3.63, 3.8) is 0 Å². The molecule has 0 aliphatic heterocycles. The zero-order valence-electron chi connectivity index (χ0n) is 17.5. The van der Waals surface area contributed by atoms with Gasteiger partial charge in [-0.25, -0.2) is 4.79 Å². The van der Waals surface area contributed by atoms with Crippen LogP contribution in [-0.2, 0) is 16.1 Å². The van der Waals surface area contributed by atoms with Crippen molar-refractivity contribution in [1.82, 2.24) is 0 Å². The van der Waals surface area contributed by atoms with E-state index in [0.717, 1.165) is 0 Å². The number of nitrogens with zero attached hydrogens (tertiary/aromatic N) is 1. The minimum atomic E-state index is -0.779. The molecule has 0 spiro atoms. The molecule has 9 heteroatoms. The second-order valence-corrected chi connectivity index (χ2v) is 7.42. The summed E-state index contributed by atoms with van der Waals surface area (Å²) < 4.78 is 15.8. The number of rotatable bonds is 7. The normalized spacial score (nSPS) is 10.8. The molecule has 0 saturated heterocycles. The minimum Gasteiger partial charge on any atom is -0.493 e. The fraction of sp³-hybridized carbons (Fsp3) is 0.333. The lowest BCUT2D eigenvalue weighted by molar-refractivity contribution is -0.385. The summed E-state index contributed by atoms with van der Waals surface area (Å²) in [5.74, 6) is -0.512. The van der Waals surface area contributed by atoms with E-state index in [1.54, 1.807) is 26.8 Å². The molecule has 2 rings (SSSR count). The Bertz CT molecular complexity index is 964. The number of esters is 1. The summed E-state index contributed by atoms with van der Waals surface area (Å²) >= 11 is 0. The summed E-state index contributed by atoms with van der Waals surface area (Å²) in [6.07, 6.45) is 0. The van der Waals surface area contributed by atoms with Crippen molar-refractivity contribution in [3.05, 3.63) is 57.6 Å². The summed E-state index contributed by atoms with van der Waals surface area (Å²) in [6.45, 7) is 4.89. The maximum absolute atomic E-state index is 12.8. The van der Waals surface area contributed by atoms with Crippen LogP contribution in [0.4, 0.5) is 11.4 Å². The standard InChI is InChI=1S/C21H24N2O7/c1-21(2,3)20(25)22-15-11-18(29-5)17(28-4)10-14(15)19(24)30-12-13-8-6-7-9-16(13)23(26)27/h6-11H,12H2,1-5H3,(H,22,25). The van der Waals surface area contributed by atoms with Crippen LogP contribution in [0.1, 0.15) is 36.7 Å². The number of para-hydroxylation sites is 1. The SMILES string of the molecule is COc1cc(NC(=O)C(C)(C)C)c(C(=O)OCc2ccccc2[N+](=O)[O-])cc1OC. The maximum Gasteiger partial charge on any atom is 0.340 e. The van der Waals surface area contributed by atoms with Gasteiger partial charge in [0.15, 0.2) is 11.5 Å². The highest BCUT2D eigenvalue weighted by Gasteiger charge is 2.26. The van der Waals surface area contributed by atoms with Crippen molar-refractivity contribution in [2.45, 2.75) is 27.4 Å². The minimum absolute atomic E-state index is 0.0313. The Morgan fingerprint density at radius 3 is 2.23 bits per heavy atom. The van der Waals surface area contributed by atoms with Gasteiger partial charge >= 0.3 is 5.97 Å². The Hall–Kier alpha value is -3.62. The molecule has 1 amide bonds. The molecular formula is C21H24N2O7. The molecule has 2 aromatic carbocycles. The zero-order valence-corrected chi connectivity index (χ0v) is 17.5. The predicted molar refractivity (Wildman–Crippen MR) is 110 cm³/mol. The van der Waals surface area contributed by atoms with Crippen LogP contribution >= 0.6 is 0 Å². The third-order valence-corrected chi connectivity index (χ3v) is 4.22. The number of ether oxygens (including phenoxy) is 3. The lowest BCUT2D eigenvalue weighted by atomic mass is 9.95. The van der Waals surface area contributed by atoms with E-state index in [9.17, 15) is 19.7 Å². The molecule has 30 heavy (non-hydrogen) atoms. The molecule has 2 aromatic rings. The van der Waals surface area contributed by atoms with Crippen molar-refractivity contribution in [1.29, 1.82) is 0 Å². The largest absolute Gasteiger partial charge is 0.493 e. The first-order chi connectivity index (χ1) is 14.1. The summed E-state index contributed by atoms with van der Waals surface area (Å²) in [5, 5.41) is 13.8. The van der Waals surface area contributed by atoms with Gasteiger partial charge in [0, 0.05) is 23.6 Å². The summed E-state index contributed by atoms with van der Waals surface area (Å²) in [6, 6.07) is 8.82. The lowest BCUT2D eigenvalue weighted by Crippen LogP contribution is -2.28. The number of amides is 1. The average molecular weight is 416 g/mol. The summed E-state index contributed by atoms with van der Waals surface area (Å²) in [7, 11) is 2.84. The van der Waals surface area contributed by atoms with E-state index in [1.807, 2.05) is 0 Å². The summed E-state index contributed by atoms with van der Waals surface area (Å²) in [4.78, 5) is 35.8. The maximum atomic E-state index is 12.8. The van der Waals surface area contributed by atoms with Gasteiger partial charge in [0.25, 0.3) is 5.69 Å². The van der Waals surface area contributed by atoms with E-state index in [1.165, 1.54) is 44.6 Å². The van der Waals surface area contributed by atoms with Gasteiger partial charge in [-0.05, 0) is 6.07 Å². The van der Waals surface area contributed by atoms with Gasteiger partial charge in [0.1, 0.15) is 6.61 Å². The number of anilines is 1. The van der Waals surface area contributed by atoms with Crippen LogP contribution in [0.2, 0.25) is 0 Å². The van der Waals surface area contributed by atoms with Gasteiger partial charge in [-0.1, -0.05) is 32.9 Å². The first kappa shape index (κ1) is 22.7. The molecule has 160 valence electrons. The fourth-order valence-corrected chi connectivity index (χ4v) is 2.49. The first-order valence-corrected chi connectivity index (χ1v) is 9.05. The zero-order chi connectivity index (χ0) is 22.5. The number of benzene rings is 2. The Morgan fingerprint density at radius 2 is 1.67 bits per heavy atom. The first-order valence-electron chi connectivity index (χ1n) is 9.05. The third-order valence-electron chi connectivity index (χ3n) is 4.22. The van der Waals surface area contributed by atoms with Crippen molar-refractivity contribution in [2.75, 3.05) is 19.5 Å². The van der Waals surface area contributed by atoms with Gasteiger partial charge in [0.2, 0.25) is 5.91 Å². The van der Waals surface area contributed by atoms with Gasteiger partial charge < -0.3 is 19.5 Å². The summed E-state index contributed by atoms with van der Waals surface area (Å²) in [5.41, 5.74) is -0.404. The molecule has 0 atom stereocenters. The molecule has 0 aliphatic carbocycles. The van der Waals surface area contributed by atoms with E-state index < -0.39 is 16.3 Å². The van der Waals surface area contributed by atoms with Gasteiger partial charge in [-0.2, -0.15) is 0 Å². The van der Waals surface area contributed by atoms with Crippen molar-refractivity contribution < 1.29 is 28.7 Å². The van der Waals surface area contributed by atoms with E-state index in [4.69, 9.17) is 14.2 Å². The van der Waals surface area contributed by atoms with Crippen LogP contribution in [-0.4, -0.2) is 31.0 Å². The van der Waals surface area contributed by atoms with Crippen molar-refractivity contribution >= 4 is 23.3 Å². The number of nitro groups is 1. The Kier molecular flexibility index (Phi) is 6.99. The highest BCUT2D eigenvalue weighted by Crippen LogP contribution is 2.35. The van der Waals surface area contributed by atoms with Crippen LogP contribution in [0, 0.1) is 15.5 Å². The molecule has 0 bridgehead atoms. The fourth-order valence-electron chi connectivity index (χ4n) is 2.49. The second kappa shape index (κ2) is 9.25. The molecule has 1 N–H and O–H groups in total. The smallest absolute Gasteiger partial charge is 0.340 e. The lowest BCUT2D eigenvalue weighted by Gasteiger charge is -2.20. The Labute approximate surface area is 174 Å². The highest BCUT2D eigenvalue weighted by molar-refractivity contribution is 6.03. The molecule has 0 heterocycles. The second-order valence-electron chi connectivity index (χ2n) is 7.42. The number of methoxy groups -OCH3 is 2. The van der Waals surface area contributed by atoms with Crippen LogP contribution in [0.3, 0.4) is 0 Å². The van der Waals surface area contributed by atoms with Crippen molar-refractivity contribution in [2.24, 2.45) is 5.41 Å². The van der Waals surface area contributed by atoms with E-state index in [0.29, 0.717) is 5.75 Å².